The molecule has 1 atom stereocenters. The van der Waals surface area contributed by atoms with Gasteiger partial charge in [0.15, 0.2) is 26.9 Å². The van der Waals surface area contributed by atoms with Gasteiger partial charge >= 0.3 is 0 Å². The Morgan fingerprint density at radius 1 is 1.17 bits per heavy atom. The number of hydrogen-bond acceptors (Lipinski definition) is 8. The first kappa shape index (κ1) is 21.3. The number of anilines is 1. The highest BCUT2D eigenvalue weighted by atomic mass is 79.9. The van der Waals surface area contributed by atoms with Crippen molar-refractivity contribution in [2.45, 2.75) is 44.7 Å². The molecule has 0 aromatic carbocycles. The van der Waals surface area contributed by atoms with E-state index in [0.29, 0.717) is 21.6 Å². The van der Waals surface area contributed by atoms with Crippen LogP contribution in [0.15, 0.2) is 38.8 Å². The summed E-state index contributed by atoms with van der Waals surface area (Å²) in [4.78, 5) is 30.3. The summed E-state index contributed by atoms with van der Waals surface area (Å²) in [7, 11) is -3.30. The molecule has 0 fully saturated rings. The standard InChI is InChI=1S/C18H21BrN6O3S/c1-4-11(3)25-17-15(22-10-14(19)23-17)24-16(18(25)26)21-8-12-6-7-13(9-20-12)29(27,28)5-2/h6-7,9-11H,4-5,8H2,1-3H3,(H,21,22,24)/t11-/m0/s1. The largest absolute Gasteiger partial charge is 0.360 e. The predicted molar refractivity (Wildman–Crippen MR) is 114 cm³/mol. The molecule has 0 radical (unpaired) electrons. The van der Waals surface area contributed by atoms with Crippen LogP contribution in [0.5, 0.6) is 0 Å². The summed E-state index contributed by atoms with van der Waals surface area (Å²) in [6.45, 7) is 5.71. The third-order valence-electron chi connectivity index (χ3n) is 4.58. The molecule has 3 aromatic rings. The van der Waals surface area contributed by atoms with E-state index in [-0.39, 0.29) is 34.6 Å². The molecule has 0 bridgehead atoms. The monoisotopic (exact) mass is 480 g/mol. The van der Waals surface area contributed by atoms with Crippen LogP contribution in [0.25, 0.3) is 11.3 Å². The third-order valence-corrected chi connectivity index (χ3v) is 6.68. The topological polar surface area (TPSA) is 120 Å². The minimum Gasteiger partial charge on any atom is -0.360 e. The molecule has 11 heteroatoms. The molecule has 0 aliphatic rings. The number of rotatable bonds is 7. The van der Waals surface area contributed by atoms with Crippen molar-refractivity contribution >= 4 is 42.9 Å². The van der Waals surface area contributed by atoms with Crippen molar-refractivity contribution in [3.63, 3.8) is 0 Å². The van der Waals surface area contributed by atoms with Crippen LogP contribution in [0.4, 0.5) is 5.82 Å². The number of pyridine rings is 1. The smallest absolute Gasteiger partial charge is 0.295 e. The third kappa shape index (κ3) is 4.45. The lowest BCUT2D eigenvalue weighted by Crippen LogP contribution is -2.28. The molecule has 29 heavy (non-hydrogen) atoms. The van der Waals surface area contributed by atoms with E-state index in [1.54, 1.807) is 17.6 Å². The van der Waals surface area contributed by atoms with E-state index in [1.807, 2.05) is 13.8 Å². The fourth-order valence-electron chi connectivity index (χ4n) is 2.70. The van der Waals surface area contributed by atoms with Gasteiger partial charge in [0.2, 0.25) is 0 Å². The first-order valence-electron chi connectivity index (χ1n) is 9.13. The van der Waals surface area contributed by atoms with Gasteiger partial charge in [-0.1, -0.05) is 13.8 Å². The van der Waals surface area contributed by atoms with Crippen LogP contribution in [-0.2, 0) is 16.4 Å². The normalized spacial score (nSPS) is 12.8. The minimum absolute atomic E-state index is 0.0135. The summed E-state index contributed by atoms with van der Waals surface area (Å²) >= 11 is 3.28. The SMILES string of the molecule is CC[C@H](C)n1c(=O)c(NCc2ccc(S(=O)(=O)CC)cn2)nc2ncc(Br)nc21. The number of sulfone groups is 1. The second-order valence-electron chi connectivity index (χ2n) is 6.47. The summed E-state index contributed by atoms with van der Waals surface area (Å²) in [5.74, 6) is 0.154. The number of aromatic nitrogens is 5. The maximum Gasteiger partial charge on any atom is 0.295 e. The van der Waals surface area contributed by atoms with Gasteiger partial charge in [0.25, 0.3) is 5.56 Å². The summed E-state index contributed by atoms with van der Waals surface area (Å²) in [5.41, 5.74) is 1.05. The zero-order valence-corrected chi connectivity index (χ0v) is 18.7. The average molecular weight is 481 g/mol. The van der Waals surface area contributed by atoms with Gasteiger partial charge in [-0.15, -0.1) is 0 Å². The average Bonchev–Trinajstić information content (AvgIpc) is 2.72. The number of nitrogens with zero attached hydrogens (tertiary/aromatic N) is 5. The molecule has 3 aromatic heterocycles. The van der Waals surface area contributed by atoms with Crippen molar-refractivity contribution in [3.8, 4) is 0 Å². The van der Waals surface area contributed by atoms with E-state index in [9.17, 15) is 13.2 Å². The molecule has 3 rings (SSSR count). The Hall–Kier alpha value is -2.40. The lowest BCUT2D eigenvalue weighted by Gasteiger charge is -2.16. The van der Waals surface area contributed by atoms with E-state index >= 15 is 0 Å². The molecule has 0 spiro atoms. The van der Waals surface area contributed by atoms with Crippen LogP contribution in [0, 0.1) is 0 Å². The Morgan fingerprint density at radius 2 is 1.93 bits per heavy atom. The second kappa shape index (κ2) is 8.54. The van der Waals surface area contributed by atoms with Crippen LogP contribution in [0.1, 0.15) is 38.9 Å². The predicted octanol–water partition coefficient (Wildman–Crippen LogP) is 2.72. The van der Waals surface area contributed by atoms with E-state index in [2.05, 4.69) is 41.2 Å². The van der Waals surface area contributed by atoms with Crippen molar-refractivity contribution < 1.29 is 8.42 Å². The Balaban J connectivity index is 1.94. The zero-order chi connectivity index (χ0) is 21.2. The Morgan fingerprint density at radius 3 is 2.55 bits per heavy atom. The van der Waals surface area contributed by atoms with Crippen LogP contribution in [-0.4, -0.2) is 38.7 Å². The van der Waals surface area contributed by atoms with Gasteiger partial charge in [0.1, 0.15) is 4.60 Å². The van der Waals surface area contributed by atoms with Crippen LogP contribution in [0.2, 0.25) is 0 Å². The maximum atomic E-state index is 13.0. The van der Waals surface area contributed by atoms with Crippen molar-refractivity contribution in [1.82, 2.24) is 24.5 Å². The molecular weight excluding hydrogens is 460 g/mol. The molecule has 0 amide bonds. The van der Waals surface area contributed by atoms with Crippen molar-refractivity contribution in [3.05, 3.63) is 45.2 Å². The van der Waals surface area contributed by atoms with E-state index in [0.717, 1.165) is 6.42 Å². The lowest BCUT2D eigenvalue weighted by molar-refractivity contribution is 0.526. The molecule has 0 saturated heterocycles. The molecule has 1 N–H and O–H groups in total. The second-order valence-corrected chi connectivity index (χ2v) is 9.57. The number of hydrogen-bond donors (Lipinski definition) is 1. The van der Waals surface area contributed by atoms with Crippen LogP contribution in [0.3, 0.4) is 0 Å². The molecule has 3 heterocycles. The Kier molecular flexibility index (Phi) is 6.27. The molecule has 0 aliphatic carbocycles. The first-order chi connectivity index (χ1) is 13.8. The van der Waals surface area contributed by atoms with Gasteiger partial charge < -0.3 is 5.32 Å². The number of nitrogens with one attached hydrogen (secondary N) is 1. The summed E-state index contributed by atoms with van der Waals surface area (Å²) in [6, 6.07) is 3.03. The fraction of sp³-hybridized carbons (Fsp3) is 0.389. The summed E-state index contributed by atoms with van der Waals surface area (Å²) < 4.78 is 25.9. The summed E-state index contributed by atoms with van der Waals surface area (Å²) in [5, 5.41) is 2.99. The van der Waals surface area contributed by atoms with E-state index in [4.69, 9.17) is 0 Å². The quantitative estimate of drug-likeness (QED) is 0.547. The maximum absolute atomic E-state index is 13.0. The minimum atomic E-state index is -3.30. The van der Waals surface area contributed by atoms with E-state index in [1.165, 1.54) is 18.5 Å². The van der Waals surface area contributed by atoms with Gasteiger partial charge in [0, 0.05) is 12.2 Å². The molecular formula is C18H21BrN6O3S. The summed E-state index contributed by atoms with van der Waals surface area (Å²) in [6.07, 6.45) is 3.59. The van der Waals surface area contributed by atoms with Crippen LogP contribution < -0.4 is 10.9 Å². The van der Waals surface area contributed by atoms with Gasteiger partial charge in [-0.05, 0) is 41.4 Å². The van der Waals surface area contributed by atoms with Gasteiger partial charge in [0.05, 0.1) is 29.1 Å². The molecule has 0 unspecified atom stereocenters. The highest BCUT2D eigenvalue weighted by molar-refractivity contribution is 9.10. The molecule has 154 valence electrons. The number of fused-ring (bicyclic) bond motifs is 1. The van der Waals surface area contributed by atoms with Crippen molar-refractivity contribution in [2.24, 2.45) is 0 Å². The van der Waals surface area contributed by atoms with Gasteiger partial charge in [-0.3, -0.25) is 14.3 Å². The van der Waals surface area contributed by atoms with Gasteiger partial charge in [-0.2, -0.15) is 0 Å². The highest BCUT2D eigenvalue weighted by Gasteiger charge is 2.17. The highest BCUT2D eigenvalue weighted by Crippen LogP contribution is 2.18. The lowest BCUT2D eigenvalue weighted by atomic mass is 10.2. The Labute approximate surface area is 176 Å². The van der Waals surface area contributed by atoms with Crippen LogP contribution >= 0.6 is 15.9 Å². The van der Waals surface area contributed by atoms with Gasteiger partial charge in [-0.25, -0.2) is 23.4 Å². The van der Waals surface area contributed by atoms with Crippen molar-refractivity contribution in [2.75, 3.05) is 11.1 Å². The zero-order valence-electron chi connectivity index (χ0n) is 16.3. The molecule has 9 nitrogen and oxygen atoms in total. The fourth-order valence-corrected chi connectivity index (χ4v) is 3.80. The Bertz CT molecular complexity index is 1190. The molecule has 0 aliphatic heterocycles. The van der Waals surface area contributed by atoms with E-state index < -0.39 is 9.84 Å². The first-order valence-corrected chi connectivity index (χ1v) is 11.6. The van der Waals surface area contributed by atoms with Crippen molar-refractivity contribution in [1.29, 1.82) is 0 Å². The molecule has 0 saturated carbocycles. The number of halogens is 1.